The highest BCUT2D eigenvalue weighted by molar-refractivity contribution is 7.79. The highest BCUT2D eigenvalue weighted by Crippen LogP contribution is 2.28. The Hall–Kier alpha value is -3.38. The Morgan fingerprint density at radius 1 is 1.30 bits per heavy atom. The molecule has 30 heavy (non-hydrogen) atoms. The molecule has 0 saturated heterocycles. The highest BCUT2D eigenvalue weighted by Gasteiger charge is 2.37. The van der Waals surface area contributed by atoms with Crippen LogP contribution in [0.25, 0.3) is 0 Å². The molecule has 1 heterocycles. The van der Waals surface area contributed by atoms with Crippen molar-refractivity contribution in [1.29, 1.82) is 5.26 Å². The zero-order chi connectivity index (χ0) is 22.6. The molecule has 0 atom stereocenters. The predicted molar refractivity (Wildman–Crippen MR) is 117 cm³/mol. The van der Waals surface area contributed by atoms with Crippen molar-refractivity contribution in [3.05, 3.63) is 53.1 Å². The van der Waals surface area contributed by atoms with Gasteiger partial charge in [0.25, 0.3) is 11.8 Å². The van der Waals surface area contributed by atoms with E-state index in [1.54, 1.807) is 33.9 Å². The van der Waals surface area contributed by atoms with E-state index in [2.05, 4.69) is 10.3 Å². The van der Waals surface area contributed by atoms with Gasteiger partial charge in [0.15, 0.2) is 0 Å². The lowest BCUT2D eigenvalue weighted by Crippen LogP contribution is -2.55. The Bertz CT molecular complexity index is 1050. The Balaban J connectivity index is 2.39. The van der Waals surface area contributed by atoms with Gasteiger partial charge in [-0.3, -0.25) is 9.59 Å². The van der Waals surface area contributed by atoms with Gasteiger partial charge in [-0.15, -0.1) is 0 Å². The van der Waals surface area contributed by atoms with Crippen molar-refractivity contribution >= 4 is 40.9 Å². The summed E-state index contributed by atoms with van der Waals surface area (Å²) >= 11 is 5.11. The van der Waals surface area contributed by atoms with Crippen molar-refractivity contribution < 1.29 is 14.0 Å². The number of carbonyl (C=O) groups is 2. The summed E-state index contributed by atoms with van der Waals surface area (Å²) in [6, 6.07) is 7.71. The third kappa shape index (κ3) is 4.28. The maximum Gasteiger partial charge on any atom is 0.253 e. The minimum absolute atomic E-state index is 0.106. The molecule has 156 valence electrons. The van der Waals surface area contributed by atoms with Gasteiger partial charge >= 0.3 is 0 Å². The molecule has 2 amide bonds. The van der Waals surface area contributed by atoms with Gasteiger partial charge in [0.05, 0.1) is 22.9 Å². The molecule has 7 nitrogen and oxygen atoms in total. The van der Waals surface area contributed by atoms with Crippen molar-refractivity contribution in [3.8, 4) is 6.07 Å². The topological polar surface area (TPSA) is 89.3 Å². The van der Waals surface area contributed by atoms with E-state index in [1.807, 2.05) is 6.07 Å². The lowest BCUT2D eigenvalue weighted by molar-refractivity contribution is -0.122. The van der Waals surface area contributed by atoms with Crippen molar-refractivity contribution in [3.63, 3.8) is 0 Å². The summed E-state index contributed by atoms with van der Waals surface area (Å²) in [7, 11) is 3.00. The largest absolute Gasteiger partial charge is 0.355 e. The predicted octanol–water partition coefficient (Wildman–Crippen LogP) is 2.97. The summed E-state index contributed by atoms with van der Waals surface area (Å²) in [4.78, 5) is 31.9. The fourth-order valence-electron chi connectivity index (χ4n) is 2.98. The van der Waals surface area contributed by atoms with Crippen LogP contribution < -0.4 is 15.1 Å². The first-order chi connectivity index (χ1) is 14.1. The Morgan fingerprint density at radius 3 is 2.47 bits per heavy atom. The van der Waals surface area contributed by atoms with Crippen molar-refractivity contribution in [2.45, 2.75) is 26.3 Å². The van der Waals surface area contributed by atoms with E-state index in [1.165, 1.54) is 40.7 Å². The Morgan fingerprint density at radius 2 is 1.97 bits per heavy atom. The molecule has 0 unspecified atom stereocenters. The number of pyridine rings is 1. The number of aryl methyl sites for hydroxylation is 1. The maximum atomic E-state index is 14.4. The SMILES string of the molecule is CNC(=O)c1ccc(N(C=S)C(C)(C)C(=O)N(C)c2cnc(C#N)c(C)c2)cc1F. The van der Waals surface area contributed by atoms with E-state index in [-0.39, 0.29) is 17.2 Å². The fourth-order valence-corrected chi connectivity index (χ4v) is 3.36. The molecule has 2 aromatic rings. The molecule has 1 aromatic heterocycles. The van der Waals surface area contributed by atoms with Crippen LogP contribution in [0.15, 0.2) is 30.5 Å². The molecule has 0 radical (unpaired) electrons. The summed E-state index contributed by atoms with van der Waals surface area (Å²) < 4.78 is 14.4. The van der Waals surface area contributed by atoms with E-state index >= 15 is 0 Å². The molecule has 0 aliphatic carbocycles. The number of aromatic nitrogens is 1. The van der Waals surface area contributed by atoms with Crippen molar-refractivity contribution in [2.75, 3.05) is 23.9 Å². The molecule has 2 rings (SSSR count). The number of hydrogen-bond acceptors (Lipinski definition) is 5. The molecule has 1 aromatic carbocycles. The average Bonchev–Trinajstić information content (AvgIpc) is 2.72. The van der Waals surface area contributed by atoms with Gasteiger partial charge in [-0.05, 0) is 50.6 Å². The molecule has 0 fully saturated rings. The number of likely N-dealkylation sites (N-methyl/N-ethyl adjacent to an activating group) is 1. The van der Waals surface area contributed by atoms with Crippen LogP contribution >= 0.6 is 12.2 Å². The lowest BCUT2D eigenvalue weighted by Gasteiger charge is -2.38. The number of nitrogens with zero attached hydrogens (tertiary/aromatic N) is 4. The Kier molecular flexibility index (Phi) is 6.84. The normalized spacial score (nSPS) is 10.7. The molecular weight excluding hydrogens is 405 g/mol. The van der Waals surface area contributed by atoms with E-state index in [0.717, 1.165) is 6.07 Å². The monoisotopic (exact) mass is 427 g/mol. The molecular formula is C21H22FN5O2S. The van der Waals surface area contributed by atoms with Gasteiger partial charge in [-0.25, -0.2) is 9.37 Å². The molecule has 0 bridgehead atoms. The summed E-state index contributed by atoms with van der Waals surface area (Å²) in [6.07, 6.45) is 1.44. The second-order valence-electron chi connectivity index (χ2n) is 7.11. The molecule has 0 saturated carbocycles. The number of anilines is 2. The minimum Gasteiger partial charge on any atom is -0.355 e. The van der Waals surface area contributed by atoms with Crippen LogP contribution in [0.3, 0.4) is 0 Å². The van der Waals surface area contributed by atoms with Crippen LogP contribution in [0.2, 0.25) is 0 Å². The summed E-state index contributed by atoms with van der Waals surface area (Å²) in [5.41, 5.74) is 1.75. The average molecular weight is 428 g/mol. The number of amides is 2. The van der Waals surface area contributed by atoms with Gasteiger partial charge in [0.2, 0.25) is 0 Å². The number of carbonyl (C=O) groups excluding carboxylic acids is 2. The highest BCUT2D eigenvalue weighted by atomic mass is 32.1. The number of benzene rings is 1. The second-order valence-corrected chi connectivity index (χ2v) is 7.32. The van der Waals surface area contributed by atoms with Crippen molar-refractivity contribution in [1.82, 2.24) is 10.3 Å². The van der Waals surface area contributed by atoms with Crippen LogP contribution in [0.4, 0.5) is 15.8 Å². The second kappa shape index (κ2) is 8.97. The van der Waals surface area contributed by atoms with Crippen LogP contribution in [0, 0.1) is 24.1 Å². The Labute approximate surface area is 180 Å². The first kappa shape index (κ1) is 22.9. The summed E-state index contributed by atoms with van der Waals surface area (Å²) in [5, 5.41) is 11.4. The number of nitriles is 1. The van der Waals surface area contributed by atoms with Crippen LogP contribution in [-0.2, 0) is 4.79 Å². The van der Waals surface area contributed by atoms with Crippen molar-refractivity contribution in [2.24, 2.45) is 0 Å². The number of hydrogen-bond donors (Lipinski definition) is 1. The number of nitrogens with one attached hydrogen (secondary N) is 1. The van der Waals surface area contributed by atoms with E-state index in [9.17, 15) is 14.0 Å². The van der Waals surface area contributed by atoms with E-state index in [0.29, 0.717) is 16.9 Å². The lowest BCUT2D eigenvalue weighted by atomic mass is 9.99. The molecule has 9 heteroatoms. The minimum atomic E-state index is -1.18. The summed E-state index contributed by atoms with van der Waals surface area (Å²) in [5.74, 6) is -1.60. The zero-order valence-corrected chi connectivity index (χ0v) is 18.2. The van der Waals surface area contributed by atoms with Gasteiger partial charge in [0.1, 0.15) is 23.1 Å². The third-order valence-electron chi connectivity index (χ3n) is 4.80. The van der Waals surface area contributed by atoms with Gasteiger partial charge < -0.3 is 15.1 Å². The number of halogens is 1. The third-order valence-corrected chi connectivity index (χ3v) is 5.01. The van der Waals surface area contributed by atoms with E-state index < -0.39 is 17.3 Å². The first-order valence-corrected chi connectivity index (χ1v) is 9.46. The fraction of sp³-hybridized carbons (Fsp3) is 0.286. The van der Waals surface area contributed by atoms with Crippen LogP contribution in [0.1, 0.15) is 35.5 Å². The van der Waals surface area contributed by atoms with Crippen LogP contribution in [0.5, 0.6) is 0 Å². The standard InChI is InChI=1S/C21H22FN5O2S/c1-13-8-15(11-25-18(13)10-23)26(5)20(29)21(2,3)27(12-30)14-6-7-16(17(22)9-14)19(28)24-4/h6-9,11-12H,1-5H3,(H,24,28). The van der Waals surface area contributed by atoms with Gasteiger partial charge in [0, 0.05) is 19.8 Å². The van der Waals surface area contributed by atoms with Gasteiger partial charge in [-0.1, -0.05) is 12.2 Å². The molecule has 0 spiro atoms. The van der Waals surface area contributed by atoms with Gasteiger partial charge in [-0.2, -0.15) is 5.26 Å². The quantitative estimate of drug-likeness (QED) is 0.713. The number of thiocarbonyl (C=S) groups is 1. The smallest absolute Gasteiger partial charge is 0.253 e. The number of rotatable bonds is 6. The zero-order valence-electron chi connectivity index (χ0n) is 17.4. The first-order valence-electron chi connectivity index (χ1n) is 8.99. The maximum absolute atomic E-state index is 14.4. The molecule has 1 N–H and O–H groups in total. The molecule has 0 aliphatic heterocycles. The van der Waals surface area contributed by atoms with E-state index in [4.69, 9.17) is 17.5 Å². The molecule has 0 aliphatic rings. The van der Waals surface area contributed by atoms with Crippen LogP contribution in [-0.4, -0.2) is 41.9 Å². The summed E-state index contributed by atoms with van der Waals surface area (Å²) in [6.45, 7) is 5.05.